The fraction of sp³-hybridized carbons (Fsp3) is 0.167. The van der Waals surface area contributed by atoms with Crippen LogP contribution in [-0.4, -0.2) is 17.9 Å². The van der Waals surface area contributed by atoms with Gasteiger partial charge in [0, 0.05) is 0 Å². The molecule has 2 amide bonds. The van der Waals surface area contributed by atoms with E-state index < -0.39 is 41.5 Å². The average molecular weight is 420 g/mol. The Morgan fingerprint density at radius 3 is 2.19 bits per heavy atom. The molecule has 0 aromatic heterocycles. The highest BCUT2D eigenvalue weighted by Crippen LogP contribution is 2.47. The van der Waals surface area contributed by atoms with Gasteiger partial charge in [0.15, 0.2) is 17.7 Å². The smallest absolute Gasteiger partial charge is 0.266 e. The van der Waals surface area contributed by atoms with E-state index in [-0.39, 0.29) is 0 Å². The van der Waals surface area contributed by atoms with Crippen LogP contribution in [0.3, 0.4) is 0 Å². The number of nitrogens with zero attached hydrogens (tertiary/aromatic N) is 2. The van der Waals surface area contributed by atoms with Gasteiger partial charge in [0.25, 0.3) is 5.91 Å². The van der Waals surface area contributed by atoms with E-state index in [0.29, 0.717) is 16.9 Å². The Balaban J connectivity index is 1.60. The second-order valence-electron chi connectivity index (χ2n) is 7.68. The zero-order valence-electron chi connectivity index (χ0n) is 16.5. The molecule has 0 N–H and O–H groups in total. The van der Waals surface area contributed by atoms with Gasteiger partial charge in [-0.3, -0.25) is 14.4 Å². The lowest BCUT2D eigenvalue weighted by Gasteiger charge is -2.28. The number of benzene rings is 3. The summed E-state index contributed by atoms with van der Waals surface area (Å²) < 4.78 is 27.6. The summed E-state index contributed by atoms with van der Waals surface area (Å²) >= 11 is 0. The number of carbonyl (C=O) groups excluding carboxylic acids is 2. The van der Waals surface area contributed by atoms with Crippen molar-refractivity contribution in [2.24, 2.45) is 5.92 Å². The Morgan fingerprint density at radius 2 is 1.52 bits per heavy atom. The summed E-state index contributed by atoms with van der Waals surface area (Å²) in [5.74, 6) is -3.84. The maximum Gasteiger partial charge on any atom is 0.266 e. The van der Waals surface area contributed by atoms with Gasteiger partial charge in [-0.1, -0.05) is 42.0 Å². The van der Waals surface area contributed by atoms with E-state index in [1.165, 1.54) is 11.1 Å². The maximum absolute atomic E-state index is 14.1. The summed E-state index contributed by atoms with van der Waals surface area (Å²) in [7, 11) is 0. The molecule has 3 aromatic rings. The minimum absolute atomic E-state index is 0.349. The molecule has 2 aliphatic heterocycles. The minimum Gasteiger partial charge on any atom is -0.273 e. The molecular formula is C24H18F2N2O3. The van der Waals surface area contributed by atoms with Gasteiger partial charge in [0.2, 0.25) is 5.91 Å². The van der Waals surface area contributed by atoms with Gasteiger partial charge < -0.3 is 0 Å². The van der Waals surface area contributed by atoms with E-state index in [1.807, 2.05) is 25.1 Å². The van der Waals surface area contributed by atoms with E-state index in [0.717, 1.165) is 22.6 Å². The molecule has 0 bridgehead atoms. The number of fused-ring (bicyclic) bond motifs is 1. The summed E-state index contributed by atoms with van der Waals surface area (Å²) in [4.78, 5) is 33.7. The van der Waals surface area contributed by atoms with Gasteiger partial charge in [-0.2, -0.15) is 0 Å². The van der Waals surface area contributed by atoms with Crippen molar-refractivity contribution >= 4 is 23.2 Å². The summed E-state index contributed by atoms with van der Waals surface area (Å²) in [5.41, 5.74) is 2.40. The van der Waals surface area contributed by atoms with E-state index in [1.54, 1.807) is 36.4 Å². The Labute approximate surface area is 177 Å². The molecule has 2 aliphatic rings. The monoisotopic (exact) mass is 420 g/mol. The first-order valence-electron chi connectivity index (χ1n) is 9.86. The van der Waals surface area contributed by atoms with Crippen LogP contribution in [0.4, 0.5) is 20.2 Å². The van der Waals surface area contributed by atoms with E-state index in [2.05, 4.69) is 0 Å². The minimum atomic E-state index is -1.06. The van der Waals surface area contributed by atoms with Crippen LogP contribution in [0.25, 0.3) is 0 Å². The molecular weight excluding hydrogens is 402 g/mol. The van der Waals surface area contributed by atoms with Crippen molar-refractivity contribution in [3.05, 3.63) is 95.6 Å². The number of hydrogen-bond acceptors (Lipinski definition) is 4. The van der Waals surface area contributed by atoms with Crippen molar-refractivity contribution in [2.45, 2.75) is 19.1 Å². The molecule has 31 heavy (non-hydrogen) atoms. The van der Waals surface area contributed by atoms with Crippen molar-refractivity contribution in [1.82, 2.24) is 0 Å². The number of anilines is 2. The van der Waals surface area contributed by atoms with E-state index in [9.17, 15) is 18.4 Å². The van der Waals surface area contributed by atoms with Gasteiger partial charge in [-0.15, -0.1) is 0 Å². The fourth-order valence-electron chi connectivity index (χ4n) is 4.20. The number of imide groups is 1. The van der Waals surface area contributed by atoms with Crippen LogP contribution in [0, 0.1) is 24.5 Å². The van der Waals surface area contributed by atoms with E-state index >= 15 is 0 Å². The highest BCUT2D eigenvalue weighted by molar-refractivity contribution is 6.23. The van der Waals surface area contributed by atoms with Gasteiger partial charge in [-0.25, -0.2) is 18.7 Å². The summed E-state index contributed by atoms with van der Waals surface area (Å²) in [5, 5.41) is 1.45. The number of amides is 2. The third-order valence-corrected chi connectivity index (χ3v) is 5.70. The first-order valence-corrected chi connectivity index (χ1v) is 9.86. The topological polar surface area (TPSA) is 49.9 Å². The fourth-order valence-corrected chi connectivity index (χ4v) is 4.20. The number of halogens is 2. The standard InChI is InChI=1S/C24H18F2N2O3/c1-14-7-10-16(11-8-14)27-23(29)20-21(15-9-12-18(25)19(26)13-15)28(31-22(20)24(27)30)17-5-3-2-4-6-17/h2-13,20-22H,1H3/t20-,21-,22+/m1/s1. The highest BCUT2D eigenvalue weighted by atomic mass is 19.2. The lowest BCUT2D eigenvalue weighted by atomic mass is 9.90. The zero-order chi connectivity index (χ0) is 21.7. The van der Waals surface area contributed by atoms with Crippen LogP contribution in [0.2, 0.25) is 0 Å². The predicted octanol–water partition coefficient (Wildman–Crippen LogP) is 4.32. The number of hydroxylamine groups is 1. The van der Waals surface area contributed by atoms with Crippen molar-refractivity contribution in [3.63, 3.8) is 0 Å². The molecule has 5 nitrogen and oxygen atoms in total. The molecule has 2 fully saturated rings. The Morgan fingerprint density at radius 1 is 0.806 bits per heavy atom. The van der Waals surface area contributed by atoms with Crippen LogP contribution < -0.4 is 9.96 Å². The number of rotatable bonds is 3. The molecule has 0 unspecified atom stereocenters. The quantitative estimate of drug-likeness (QED) is 0.592. The molecule has 2 saturated heterocycles. The molecule has 156 valence electrons. The lowest BCUT2D eigenvalue weighted by Crippen LogP contribution is -2.37. The first kappa shape index (κ1) is 19.4. The molecule has 3 atom stereocenters. The molecule has 7 heteroatoms. The largest absolute Gasteiger partial charge is 0.273 e. The Kier molecular flexibility index (Phi) is 4.55. The van der Waals surface area contributed by atoms with E-state index in [4.69, 9.17) is 4.84 Å². The molecule has 0 aliphatic carbocycles. The van der Waals surface area contributed by atoms with Gasteiger partial charge in [-0.05, 0) is 48.9 Å². The lowest BCUT2D eigenvalue weighted by molar-refractivity contribution is -0.126. The number of aryl methyl sites for hydroxylation is 1. The summed E-state index contributed by atoms with van der Waals surface area (Å²) in [6.07, 6.45) is -1.06. The molecule has 2 heterocycles. The maximum atomic E-state index is 14.1. The molecule has 0 saturated carbocycles. The highest BCUT2D eigenvalue weighted by Gasteiger charge is 2.60. The summed E-state index contributed by atoms with van der Waals surface area (Å²) in [6.45, 7) is 1.91. The Hall–Kier alpha value is -3.58. The number of hydrogen-bond donors (Lipinski definition) is 0. The molecule has 3 aromatic carbocycles. The van der Waals surface area contributed by atoms with Crippen LogP contribution in [-0.2, 0) is 14.4 Å². The first-order chi connectivity index (χ1) is 15.0. The molecule has 5 rings (SSSR count). The second-order valence-corrected chi connectivity index (χ2v) is 7.68. The van der Waals surface area contributed by atoms with Crippen LogP contribution in [0.1, 0.15) is 17.2 Å². The molecule has 0 radical (unpaired) electrons. The van der Waals surface area contributed by atoms with Crippen LogP contribution >= 0.6 is 0 Å². The van der Waals surface area contributed by atoms with Crippen LogP contribution in [0.15, 0.2) is 72.8 Å². The van der Waals surface area contributed by atoms with Crippen molar-refractivity contribution in [2.75, 3.05) is 9.96 Å². The normalized spacial score (nSPS) is 22.9. The van der Waals surface area contributed by atoms with Crippen molar-refractivity contribution < 1.29 is 23.2 Å². The third-order valence-electron chi connectivity index (χ3n) is 5.70. The van der Waals surface area contributed by atoms with Gasteiger partial charge >= 0.3 is 0 Å². The SMILES string of the molecule is Cc1ccc(N2C(=O)[C@H]3[C@H](ON(c4ccccc4)[C@@H]3c3ccc(F)c(F)c3)C2=O)cc1. The van der Waals surface area contributed by atoms with Crippen LogP contribution in [0.5, 0.6) is 0 Å². The van der Waals surface area contributed by atoms with Crippen molar-refractivity contribution in [3.8, 4) is 0 Å². The summed E-state index contributed by atoms with van der Waals surface area (Å²) in [6, 6.07) is 18.6. The van der Waals surface area contributed by atoms with Crippen molar-refractivity contribution in [1.29, 1.82) is 0 Å². The zero-order valence-corrected chi connectivity index (χ0v) is 16.5. The average Bonchev–Trinajstić information content (AvgIpc) is 3.28. The number of para-hydroxylation sites is 1. The second kappa shape index (κ2) is 7.28. The van der Waals surface area contributed by atoms with Gasteiger partial charge in [0.05, 0.1) is 17.4 Å². The molecule has 0 spiro atoms. The predicted molar refractivity (Wildman–Crippen MR) is 110 cm³/mol. The van der Waals surface area contributed by atoms with Gasteiger partial charge in [0.1, 0.15) is 5.92 Å². The third kappa shape index (κ3) is 3.09. The number of carbonyl (C=O) groups is 2. The Bertz CT molecular complexity index is 1170.